The van der Waals surface area contributed by atoms with Crippen LogP contribution < -0.4 is 5.56 Å². The monoisotopic (exact) mass is 373 g/mol. The molecule has 0 saturated carbocycles. The van der Waals surface area contributed by atoms with Crippen molar-refractivity contribution in [1.82, 2.24) is 4.57 Å². The highest BCUT2D eigenvalue weighted by Crippen LogP contribution is 2.27. The molecule has 1 aromatic heterocycles. The number of aromatic hydroxyl groups is 1. The Morgan fingerprint density at radius 1 is 1.18 bits per heavy atom. The Hall–Kier alpha value is -3.39. The molecule has 0 aliphatic heterocycles. The lowest BCUT2D eigenvalue weighted by Gasteiger charge is -2.14. The van der Waals surface area contributed by atoms with E-state index >= 15 is 0 Å². The number of aromatic nitrogens is 1. The third-order valence-corrected chi connectivity index (χ3v) is 4.93. The summed E-state index contributed by atoms with van der Waals surface area (Å²) in [6, 6.07) is 15.7. The molecule has 0 amide bonds. The van der Waals surface area contributed by atoms with Crippen molar-refractivity contribution >= 4 is 22.7 Å². The SMILES string of the molecule is CCCCCn1c(O)c(C=Nc2cccc3ccccc23)c(C)c(C#N)c1=O. The maximum absolute atomic E-state index is 12.6. The summed E-state index contributed by atoms with van der Waals surface area (Å²) in [5, 5.41) is 22.2. The average molecular weight is 373 g/mol. The number of aliphatic imine (C=N–C) groups is 1. The molecule has 0 atom stereocenters. The maximum Gasteiger partial charge on any atom is 0.271 e. The number of nitrogens with zero attached hydrogens (tertiary/aromatic N) is 3. The predicted molar refractivity (Wildman–Crippen MR) is 113 cm³/mol. The third-order valence-electron chi connectivity index (χ3n) is 4.93. The fourth-order valence-corrected chi connectivity index (χ4v) is 3.31. The van der Waals surface area contributed by atoms with Gasteiger partial charge in [0, 0.05) is 18.1 Å². The van der Waals surface area contributed by atoms with E-state index in [-0.39, 0.29) is 11.4 Å². The molecule has 0 unspecified atom stereocenters. The molecular weight excluding hydrogens is 350 g/mol. The molecule has 28 heavy (non-hydrogen) atoms. The Balaban J connectivity index is 2.10. The molecular formula is C23H23N3O2. The molecule has 3 aromatic rings. The second-order valence-electron chi connectivity index (χ2n) is 6.77. The largest absolute Gasteiger partial charge is 0.494 e. The number of unbranched alkanes of at least 4 members (excludes halogenated alkanes) is 2. The number of hydrogen-bond acceptors (Lipinski definition) is 4. The normalized spacial score (nSPS) is 11.2. The van der Waals surface area contributed by atoms with Gasteiger partial charge in [-0.3, -0.25) is 14.4 Å². The maximum atomic E-state index is 12.6. The summed E-state index contributed by atoms with van der Waals surface area (Å²) in [5.74, 6) is -0.137. The van der Waals surface area contributed by atoms with Crippen molar-refractivity contribution in [3.63, 3.8) is 0 Å². The predicted octanol–water partition coefficient (Wildman–Crippen LogP) is 4.83. The van der Waals surface area contributed by atoms with Crippen molar-refractivity contribution in [3.8, 4) is 11.9 Å². The van der Waals surface area contributed by atoms with Crippen LogP contribution in [0, 0.1) is 18.3 Å². The van der Waals surface area contributed by atoms with Crippen molar-refractivity contribution in [2.24, 2.45) is 4.99 Å². The van der Waals surface area contributed by atoms with Gasteiger partial charge in [-0.2, -0.15) is 5.26 Å². The van der Waals surface area contributed by atoms with Crippen molar-refractivity contribution in [2.75, 3.05) is 0 Å². The summed E-state index contributed by atoms with van der Waals surface area (Å²) in [7, 11) is 0. The van der Waals surface area contributed by atoms with Gasteiger partial charge in [0.05, 0.1) is 11.3 Å². The Labute approximate surface area is 164 Å². The zero-order chi connectivity index (χ0) is 20.1. The molecule has 3 rings (SSSR count). The first-order valence-corrected chi connectivity index (χ1v) is 9.46. The highest BCUT2D eigenvalue weighted by atomic mass is 16.3. The second kappa shape index (κ2) is 8.53. The van der Waals surface area contributed by atoms with Gasteiger partial charge >= 0.3 is 0 Å². The smallest absolute Gasteiger partial charge is 0.271 e. The van der Waals surface area contributed by atoms with Crippen LogP contribution in [0.4, 0.5) is 5.69 Å². The van der Waals surface area contributed by atoms with Crippen LogP contribution in [0.2, 0.25) is 0 Å². The molecule has 142 valence electrons. The van der Waals surface area contributed by atoms with Crippen molar-refractivity contribution in [1.29, 1.82) is 5.26 Å². The van der Waals surface area contributed by atoms with E-state index in [4.69, 9.17) is 0 Å². The first kappa shape index (κ1) is 19.4. The molecule has 2 aromatic carbocycles. The summed E-state index contributed by atoms with van der Waals surface area (Å²) in [5.41, 5.74) is 1.21. The van der Waals surface area contributed by atoms with Gasteiger partial charge < -0.3 is 5.11 Å². The number of benzene rings is 2. The lowest BCUT2D eigenvalue weighted by Crippen LogP contribution is -2.25. The van der Waals surface area contributed by atoms with Gasteiger partial charge in [0.25, 0.3) is 5.56 Å². The summed E-state index contributed by atoms with van der Waals surface area (Å²) < 4.78 is 1.28. The highest BCUT2D eigenvalue weighted by molar-refractivity contribution is 5.96. The van der Waals surface area contributed by atoms with E-state index in [0.717, 1.165) is 35.7 Å². The molecule has 0 fully saturated rings. The molecule has 5 heteroatoms. The summed E-state index contributed by atoms with van der Waals surface area (Å²) >= 11 is 0. The van der Waals surface area contributed by atoms with Gasteiger partial charge in [0.15, 0.2) is 0 Å². The first-order valence-electron chi connectivity index (χ1n) is 9.46. The Morgan fingerprint density at radius 3 is 2.68 bits per heavy atom. The van der Waals surface area contributed by atoms with Crippen LogP contribution in [0.15, 0.2) is 52.3 Å². The molecule has 1 N–H and O–H groups in total. The zero-order valence-corrected chi connectivity index (χ0v) is 16.1. The fourth-order valence-electron chi connectivity index (χ4n) is 3.31. The standard InChI is InChI=1S/C23H23N3O2/c1-3-4-7-13-26-22(27)19(14-24)16(2)20(23(26)28)15-25-21-12-8-10-17-9-5-6-11-18(17)21/h5-6,8-12,15,28H,3-4,7,13H2,1-2H3. The van der Waals surface area contributed by atoms with E-state index in [1.54, 1.807) is 13.1 Å². The van der Waals surface area contributed by atoms with Gasteiger partial charge in [-0.1, -0.05) is 56.2 Å². The van der Waals surface area contributed by atoms with E-state index in [1.807, 2.05) is 48.5 Å². The number of fused-ring (bicyclic) bond motifs is 1. The van der Waals surface area contributed by atoms with Crippen molar-refractivity contribution in [2.45, 2.75) is 39.7 Å². The third kappa shape index (κ3) is 3.67. The lowest BCUT2D eigenvalue weighted by molar-refractivity contribution is 0.398. The molecule has 0 aliphatic carbocycles. The van der Waals surface area contributed by atoms with E-state index in [2.05, 4.69) is 11.9 Å². The minimum Gasteiger partial charge on any atom is -0.494 e. The van der Waals surface area contributed by atoms with Gasteiger partial charge in [-0.25, -0.2) is 0 Å². The molecule has 5 nitrogen and oxygen atoms in total. The lowest BCUT2D eigenvalue weighted by atomic mass is 10.1. The minimum atomic E-state index is -0.448. The zero-order valence-electron chi connectivity index (χ0n) is 16.1. The molecule has 0 saturated heterocycles. The summed E-state index contributed by atoms with van der Waals surface area (Å²) in [6.45, 7) is 4.11. The quantitative estimate of drug-likeness (QED) is 0.496. The number of rotatable bonds is 6. The van der Waals surface area contributed by atoms with Crippen LogP contribution in [-0.2, 0) is 6.54 Å². The molecule has 0 spiro atoms. The van der Waals surface area contributed by atoms with Crippen molar-refractivity contribution in [3.05, 3.63) is 69.5 Å². The van der Waals surface area contributed by atoms with Gasteiger partial charge in [-0.15, -0.1) is 0 Å². The number of hydrogen-bond donors (Lipinski definition) is 1. The highest BCUT2D eigenvalue weighted by Gasteiger charge is 2.17. The van der Waals surface area contributed by atoms with Crippen LogP contribution in [0.5, 0.6) is 5.88 Å². The molecule has 0 bridgehead atoms. The number of pyridine rings is 1. The number of nitriles is 1. The van der Waals surface area contributed by atoms with Gasteiger partial charge in [0.2, 0.25) is 5.88 Å². The van der Waals surface area contributed by atoms with E-state index in [0.29, 0.717) is 17.7 Å². The van der Waals surface area contributed by atoms with Crippen LogP contribution >= 0.6 is 0 Å². The molecule has 1 heterocycles. The topological polar surface area (TPSA) is 78.4 Å². The molecule has 0 radical (unpaired) electrons. The van der Waals surface area contributed by atoms with Crippen LogP contribution in [0.3, 0.4) is 0 Å². The summed E-state index contributed by atoms with van der Waals surface area (Å²) in [4.78, 5) is 17.1. The Morgan fingerprint density at radius 2 is 1.93 bits per heavy atom. The van der Waals surface area contributed by atoms with E-state index in [1.165, 1.54) is 4.57 Å². The minimum absolute atomic E-state index is 0.0497. The van der Waals surface area contributed by atoms with Crippen LogP contribution in [-0.4, -0.2) is 15.9 Å². The van der Waals surface area contributed by atoms with E-state index in [9.17, 15) is 15.2 Å². The first-order chi connectivity index (χ1) is 13.6. The van der Waals surface area contributed by atoms with E-state index < -0.39 is 5.56 Å². The van der Waals surface area contributed by atoms with Crippen LogP contribution in [0.25, 0.3) is 10.8 Å². The van der Waals surface area contributed by atoms with Gasteiger partial charge in [-0.05, 0) is 30.4 Å². The van der Waals surface area contributed by atoms with Gasteiger partial charge in [0.1, 0.15) is 11.6 Å². The Bertz CT molecular complexity index is 1130. The average Bonchev–Trinajstić information content (AvgIpc) is 2.71. The Kier molecular flexibility index (Phi) is 5.90. The second-order valence-corrected chi connectivity index (χ2v) is 6.77. The van der Waals surface area contributed by atoms with Crippen LogP contribution in [0.1, 0.15) is 42.9 Å². The van der Waals surface area contributed by atoms with Crippen molar-refractivity contribution < 1.29 is 5.11 Å². The molecule has 0 aliphatic rings. The summed E-state index contributed by atoms with van der Waals surface area (Å²) in [6.07, 6.45) is 4.25. The fraction of sp³-hybridized carbons (Fsp3) is 0.261.